The number of nitrogens with zero attached hydrogens (tertiary/aromatic N) is 1. The van der Waals surface area contributed by atoms with Crippen molar-refractivity contribution >= 4 is 46.1 Å². The first-order chi connectivity index (χ1) is 9.69. The van der Waals surface area contributed by atoms with Gasteiger partial charge in [-0.25, -0.2) is 0 Å². The largest absolute Gasteiger partial charge is 0.307 e. The standard InChI is InChI=1S/C16H11Cl2NO/c17-12-5-6-13(18)9-14(8-12)19-15(10-20)7-11-3-1-2-4-16(11)19/h1-5,7-10H,6H2. The molecule has 0 amide bonds. The van der Waals surface area contributed by atoms with Crippen molar-refractivity contribution in [2.45, 2.75) is 6.42 Å². The van der Waals surface area contributed by atoms with Crippen LogP contribution in [0.3, 0.4) is 0 Å². The van der Waals surface area contributed by atoms with E-state index in [-0.39, 0.29) is 0 Å². The highest BCUT2D eigenvalue weighted by Crippen LogP contribution is 2.29. The lowest BCUT2D eigenvalue weighted by Gasteiger charge is -2.09. The Morgan fingerprint density at radius 1 is 1.15 bits per heavy atom. The first-order valence-electron chi connectivity index (χ1n) is 6.18. The summed E-state index contributed by atoms with van der Waals surface area (Å²) < 4.78 is 1.87. The van der Waals surface area contributed by atoms with Gasteiger partial charge in [-0.2, -0.15) is 0 Å². The van der Waals surface area contributed by atoms with E-state index in [9.17, 15) is 4.79 Å². The molecule has 0 saturated heterocycles. The second-order valence-electron chi connectivity index (χ2n) is 4.53. The fraction of sp³-hybridized carbons (Fsp3) is 0.0625. The highest BCUT2D eigenvalue weighted by molar-refractivity contribution is 6.33. The van der Waals surface area contributed by atoms with Crippen molar-refractivity contribution in [3.05, 3.63) is 64.3 Å². The zero-order valence-electron chi connectivity index (χ0n) is 10.5. The minimum absolute atomic E-state index is 0.574. The van der Waals surface area contributed by atoms with E-state index in [0.29, 0.717) is 22.2 Å². The van der Waals surface area contributed by atoms with Crippen molar-refractivity contribution in [2.24, 2.45) is 0 Å². The molecule has 1 aliphatic rings. The van der Waals surface area contributed by atoms with Gasteiger partial charge in [-0.05, 0) is 24.3 Å². The van der Waals surface area contributed by atoms with Gasteiger partial charge in [0.15, 0.2) is 6.29 Å². The van der Waals surface area contributed by atoms with Gasteiger partial charge in [-0.15, -0.1) is 0 Å². The average Bonchev–Trinajstić information content (AvgIpc) is 2.74. The first kappa shape index (κ1) is 13.2. The van der Waals surface area contributed by atoms with Crippen LogP contribution in [0.1, 0.15) is 16.9 Å². The Bertz CT molecular complexity index is 781. The van der Waals surface area contributed by atoms with Crippen molar-refractivity contribution < 1.29 is 4.79 Å². The summed E-state index contributed by atoms with van der Waals surface area (Å²) in [4.78, 5) is 11.3. The number of benzene rings is 1. The SMILES string of the molecule is O=Cc1cc2ccccc2n1C1=CC(Cl)=CCC(Cl)=C1. The Morgan fingerprint density at radius 2 is 1.95 bits per heavy atom. The number of aromatic nitrogens is 1. The fourth-order valence-corrected chi connectivity index (χ4v) is 2.71. The molecule has 100 valence electrons. The van der Waals surface area contributed by atoms with Crippen molar-refractivity contribution in [3.8, 4) is 0 Å². The van der Waals surface area contributed by atoms with Crippen molar-refractivity contribution in [1.29, 1.82) is 0 Å². The fourth-order valence-electron chi connectivity index (χ4n) is 2.34. The smallest absolute Gasteiger partial charge is 0.166 e. The number of rotatable bonds is 2. The second-order valence-corrected chi connectivity index (χ2v) is 5.46. The molecule has 1 heterocycles. The van der Waals surface area contributed by atoms with Gasteiger partial charge in [-0.1, -0.05) is 47.5 Å². The third-order valence-corrected chi connectivity index (χ3v) is 3.73. The number of hydrogen-bond donors (Lipinski definition) is 0. The van der Waals surface area contributed by atoms with Crippen molar-refractivity contribution in [2.75, 3.05) is 0 Å². The lowest BCUT2D eigenvalue weighted by Crippen LogP contribution is -1.99. The van der Waals surface area contributed by atoms with Gasteiger partial charge in [0.05, 0.1) is 11.2 Å². The second kappa shape index (κ2) is 5.31. The van der Waals surface area contributed by atoms with E-state index in [0.717, 1.165) is 22.9 Å². The molecule has 20 heavy (non-hydrogen) atoms. The van der Waals surface area contributed by atoms with E-state index < -0.39 is 0 Å². The molecule has 0 bridgehead atoms. The quantitative estimate of drug-likeness (QED) is 0.720. The number of hydrogen-bond acceptors (Lipinski definition) is 1. The van der Waals surface area contributed by atoms with Crippen LogP contribution in [0, 0.1) is 0 Å². The molecule has 2 aromatic rings. The number of fused-ring (bicyclic) bond motifs is 1. The normalized spacial score (nSPS) is 15.4. The molecule has 4 heteroatoms. The van der Waals surface area contributed by atoms with E-state index >= 15 is 0 Å². The Morgan fingerprint density at radius 3 is 2.75 bits per heavy atom. The molecule has 3 rings (SSSR count). The zero-order chi connectivity index (χ0) is 14.1. The molecule has 0 atom stereocenters. The number of para-hydroxylation sites is 1. The van der Waals surface area contributed by atoms with Crippen LogP contribution in [0.25, 0.3) is 16.6 Å². The van der Waals surface area contributed by atoms with E-state index in [1.165, 1.54) is 0 Å². The van der Waals surface area contributed by atoms with Crippen LogP contribution in [0.5, 0.6) is 0 Å². The van der Waals surface area contributed by atoms with Crippen LogP contribution in [0.4, 0.5) is 0 Å². The van der Waals surface area contributed by atoms with E-state index in [4.69, 9.17) is 23.2 Å². The highest BCUT2D eigenvalue weighted by atomic mass is 35.5. The summed E-state index contributed by atoms with van der Waals surface area (Å²) in [7, 11) is 0. The lowest BCUT2D eigenvalue weighted by atomic mass is 10.2. The summed E-state index contributed by atoms with van der Waals surface area (Å²) in [5, 5.41) is 2.30. The van der Waals surface area contributed by atoms with Crippen molar-refractivity contribution in [1.82, 2.24) is 4.57 Å². The predicted octanol–water partition coefficient (Wildman–Crippen LogP) is 4.94. The first-order valence-corrected chi connectivity index (χ1v) is 6.94. The minimum Gasteiger partial charge on any atom is -0.307 e. The maximum Gasteiger partial charge on any atom is 0.166 e. The third kappa shape index (κ3) is 2.33. The topological polar surface area (TPSA) is 22.0 Å². The Balaban J connectivity index is 2.30. The van der Waals surface area contributed by atoms with Gasteiger partial charge in [0.1, 0.15) is 0 Å². The molecular formula is C16H11Cl2NO. The Labute approximate surface area is 126 Å². The average molecular weight is 304 g/mol. The summed E-state index contributed by atoms with van der Waals surface area (Å²) in [5.74, 6) is 0. The maximum atomic E-state index is 11.3. The molecule has 2 nitrogen and oxygen atoms in total. The summed E-state index contributed by atoms with van der Waals surface area (Å²) in [6.07, 6.45) is 6.93. The van der Waals surface area contributed by atoms with Crippen LogP contribution in [-0.4, -0.2) is 10.9 Å². The van der Waals surface area contributed by atoms with Gasteiger partial charge in [-0.3, -0.25) is 4.79 Å². The molecule has 1 aliphatic carbocycles. The van der Waals surface area contributed by atoms with Gasteiger partial charge in [0.2, 0.25) is 0 Å². The predicted molar refractivity (Wildman–Crippen MR) is 84.1 cm³/mol. The van der Waals surface area contributed by atoms with E-state index in [2.05, 4.69) is 0 Å². The molecule has 1 aromatic carbocycles. The molecule has 0 aliphatic heterocycles. The van der Waals surface area contributed by atoms with Gasteiger partial charge in [0.25, 0.3) is 0 Å². The minimum atomic E-state index is 0.574. The molecule has 1 aromatic heterocycles. The maximum absolute atomic E-state index is 11.3. The lowest BCUT2D eigenvalue weighted by molar-refractivity contribution is 0.111. The molecular weight excluding hydrogens is 293 g/mol. The Hall–Kier alpha value is -1.77. The molecule has 0 saturated carbocycles. The number of halogens is 2. The summed E-state index contributed by atoms with van der Waals surface area (Å²) in [5.41, 5.74) is 2.31. The number of aldehydes is 1. The van der Waals surface area contributed by atoms with Gasteiger partial charge >= 0.3 is 0 Å². The Kier molecular flexibility index (Phi) is 3.51. The molecule has 0 radical (unpaired) electrons. The third-order valence-electron chi connectivity index (χ3n) is 3.20. The van der Waals surface area contributed by atoms with E-state index in [1.54, 1.807) is 0 Å². The molecule has 0 unspecified atom stereocenters. The summed E-state index contributed by atoms with van der Waals surface area (Å²) in [6, 6.07) is 9.67. The zero-order valence-corrected chi connectivity index (χ0v) is 12.0. The van der Waals surface area contributed by atoms with Gasteiger partial charge < -0.3 is 4.57 Å². The number of carbonyl (C=O) groups is 1. The molecule has 0 N–H and O–H groups in total. The van der Waals surface area contributed by atoms with Crippen LogP contribution in [-0.2, 0) is 0 Å². The van der Waals surface area contributed by atoms with Crippen LogP contribution in [0.15, 0.2) is 58.6 Å². The van der Waals surface area contributed by atoms with Crippen LogP contribution >= 0.6 is 23.2 Å². The molecule has 0 fully saturated rings. The summed E-state index contributed by atoms with van der Waals surface area (Å²) in [6.45, 7) is 0. The molecule has 0 spiro atoms. The van der Waals surface area contributed by atoms with E-state index in [1.807, 2.05) is 53.1 Å². The van der Waals surface area contributed by atoms with Crippen LogP contribution < -0.4 is 0 Å². The van der Waals surface area contributed by atoms with Crippen LogP contribution in [0.2, 0.25) is 0 Å². The highest BCUT2D eigenvalue weighted by Gasteiger charge is 2.12. The van der Waals surface area contributed by atoms with Gasteiger partial charge in [0, 0.05) is 27.6 Å². The number of carbonyl (C=O) groups excluding carboxylic acids is 1. The monoisotopic (exact) mass is 303 g/mol. The van der Waals surface area contributed by atoms with Crippen molar-refractivity contribution in [3.63, 3.8) is 0 Å². The number of allylic oxidation sites excluding steroid dienone is 6. The summed E-state index contributed by atoms with van der Waals surface area (Å²) >= 11 is 12.3.